The average Bonchev–Trinajstić information content (AvgIpc) is 2.15. The van der Waals surface area contributed by atoms with Crippen molar-refractivity contribution < 1.29 is 0 Å². The highest BCUT2D eigenvalue weighted by molar-refractivity contribution is 5.32. The number of anilines is 1. The molecule has 0 aliphatic rings. The first-order chi connectivity index (χ1) is 7.02. The monoisotopic (exact) mass is 207 g/mol. The molecule has 15 heavy (non-hydrogen) atoms. The molecule has 1 aromatic heterocycles. The zero-order valence-corrected chi connectivity index (χ0v) is 9.45. The van der Waals surface area contributed by atoms with Gasteiger partial charge in [-0.15, -0.1) is 0 Å². The van der Waals surface area contributed by atoms with Crippen molar-refractivity contribution in [1.29, 1.82) is 0 Å². The number of rotatable bonds is 4. The lowest BCUT2D eigenvalue weighted by atomic mass is 10.3. The summed E-state index contributed by atoms with van der Waals surface area (Å²) in [5.41, 5.74) is 0.880. The number of nitrogens with one attached hydrogen (secondary N) is 1. The van der Waals surface area contributed by atoms with Gasteiger partial charge >= 0.3 is 0 Å². The second kappa shape index (κ2) is 4.77. The van der Waals surface area contributed by atoms with Crippen LogP contribution in [0.15, 0.2) is 29.3 Å². The Balaban J connectivity index is 2.95. The van der Waals surface area contributed by atoms with Crippen LogP contribution >= 0.6 is 0 Å². The Morgan fingerprint density at radius 3 is 2.87 bits per heavy atom. The van der Waals surface area contributed by atoms with E-state index in [1.807, 2.05) is 20.8 Å². The first-order valence-electron chi connectivity index (χ1n) is 4.97. The van der Waals surface area contributed by atoms with Crippen LogP contribution in [0.5, 0.6) is 0 Å². The highest BCUT2D eigenvalue weighted by atomic mass is 16.1. The first-order valence-corrected chi connectivity index (χ1v) is 4.97. The maximum Gasteiger partial charge on any atom is 0.293 e. The lowest BCUT2D eigenvalue weighted by Gasteiger charge is -2.11. The Bertz CT molecular complexity index is 407. The molecule has 0 amide bonds. The zero-order chi connectivity index (χ0) is 11.4. The molecule has 1 aromatic rings. The summed E-state index contributed by atoms with van der Waals surface area (Å²) in [5, 5.41) is 2.96. The van der Waals surface area contributed by atoms with Gasteiger partial charge in [-0.05, 0) is 20.8 Å². The van der Waals surface area contributed by atoms with E-state index in [2.05, 4.69) is 16.9 Å². The Labute approximate surface area is 89.7 Å². The molecule has 0 aromatic carbocycles. The molecule has 1 heterocycles. The zero-order valence-electron chi connectivity index (χ0n) is 9.45. The average molecular weight is 207 g/mol. The standard InChI is InChI=1S/C11H17N3O/c1-8(2)7-13-10-11(15)14(9(3)4)6-5-12-10/h5-6,9H,1,7H2,2-4H3,(H,12,13). The van der Waals surface area contributed by atoms with Gasteiger partial charge in [0.25, 0.3) is 5.56 Å². The molecule has 0 aliphatic heterocycles. The maximum atomic E-state index is 11.8. The van der Waals surface area contributed by atoms with Gasteiger partial charge in [0.2, 0.25) is 0 Å². The van der Waals surface area contributed by atoms with E-state index < -0.39 is 0 Å². The van der Waals surface area contributed by atoms with Gasteiger partial charge in [0.15, 0.2) is 5.82 Å². The summed E-state index contributed by atoms with van der Waals surface area (Å²) in [6.45, 7) is 10.2. The summed E-state index contributed by atoms with van der Waals surface area (Å²) in [7, 11) is 0. The summed E-state index contributed by atoms with van der Waals surface area (Å²) in [4.78, 5) is 15.8. The van der Waals surface area contributed by atoms with Crippen molar-refractivity contribution in [3.8, 4) is 0 Å². The van der Waals surface area contributed by atoms with Crippen LogP contribution in [0.4, 0.5) is 5.82 Å². The fourth-order valence-electron chi connectivity index (χ4n) is 1.19. The van der Waals surface area contributed by atoms with Crippen LogP contribution < -0.4 is 10.9 Å². The van der Waals surface area contributed by atoms with Gasteiger partial charge < -0.3 is 9.88 Å². The summed E-state index contributed by atoms with van der Waals surface area (Å²) in [6, 6.07) is 0.144. The van der Waals surface area contributed by atoms with Crippen LogP contribution in [0, 0.1) is 0 Å². The Hall–Kier alpha value is -1.58. The van der Waals surface area contributed by atoms with Gasteiger partial charge in [0.05, 0.1) is 0 Å². The van der Waals surface area contributed by atoms with Crippen LogP contribution in [0.25, 0.3) is 0 Å². The molecule has 1 rings (SSSR count). The third kappa shape index (κ3) is 2.94. The van der Waals surface area contributed by atoms with E-state index in [1.54, 1.807) is 17.0 Å². The molecule has 0 saturated carbocycles. The van der Waals surface area contributed by atoms with Crippen molar-refractivity contribution in [3.63, 3.8) is 0 Å². The Morgan fingerprint density at radius 1 is 1.67 bits per heavy atom. The third-order valence-corrected chi connectivity index (χ3v) is 1.98. The SMILES string of the molecule is C=C(C)CNc1nccn(C(C)C)c1=O. The lowest BCUT2D eigenvalue weighted by molar-refractivity contribution is 0.575. The number of hydrogen-bond donors (Lipinski definition) is 1. The van der Waals surface area contributed by atoms with Gasteiger partial charge in [-0.3, -0.25) is 4.79 Å². The van der Waals surface area contributed by atoms with E-state index in [9.17, 15) is 4.79 Å². The molecular weight excluding hydrogens is 190 g/mol. The van der Waals surface area contributed by atoms with Crippen molar-refractivity contribution >= 4 is 5.82 Å². The molecule has 0 aliphatic carbocycles. The lowest BCUT2D eigenvalue weighted by Crippen LogP contribution is -2.26. The highest BCUT2D eigenvalue weighted by Crippen LogP contribution is 2.01. The molecule has 0 atom stereocenters. The van der Waals surface area contributed by atoms with E-state index in [4.69, 9.17) is 0 Å². The summed E-state index contributed by atoms with van der Waals surface area (Å²) in [5.74, 6) is 0.384. The third-order valence-electron chi connectivity index (χ3n) is 1.98. The molecule has 0 radical (unpaired) electrons. The predicted molar refractivity (Wildman–Crippen MR) is 62.2 cm³/mol. The van der Waals surface area contributed by atoms with Gasteiger partial charge in [-0.2, -0.15) is 0 Å². The molecule has 0 spiro atoms. The van der Waals surface area contributed by atoms with Crippen molar-refractivity contribution in [3.05, 3.63) is 34.9 Å². The van der Waals surface area contributed by atoms with E-state index in [1.165, 1.54) is 0 Å². The predicted octanol–water partition coefficient (Wildman–Crippen LogP) is 1.81. The van der Waals surface area contributed by atoms with Crippen LogP contribution in [-0.4, -0.2) is 16.1 Å². The molecule has 4 nitrogen and oxygen atoms in total. The van der Waals surface area contributed by atoms with Gasteiger partial charge in [0, 0.05) is 25.0 Å². The van der Waals surface area contributed by atoms with Gasteiger partial charge in [-0.1, -0.05) is 12.2 Å². The van der Waals surface area contributed by atoms with Gasteiger partial charge in [0.1, 0.15) is 0 Å². The van der Waals surface area contributed by atoms with Crippen LogP contribution in [0.1, 0.15) is 26.8 Å². The highest BCUT2D eigenvalue weighted by Gasteiger charge is 2.05. The molecular formula is C11H17N3O. The fraction of sp³-hybridized carbons (Fsp3) is 0.455. The number of aromatic nitrogens is 2. The second-order valence-corrected chi connectivity index (χ2v) is 3.89. The van der Waals surface area contributed by atoms with Crippen LogP contribution in [-0.2, 0) is 0 Å². The van der Waals surface area contributed by atoms with Crippen molar-refractivity contribution in [1.82, 2.24) is 9.55 Å². The quantitative estimate of drug-likeness (QED) is 0.766. The number of hydrogen-bond acceptors (Lipinski definition) is 3. The molecule has 0 unspecified atom stereocenters. The minimum atomic E-state index is -0.0891. The van der Waals surface area contributed by atoms with E-state index in [0.717, 1.165) is 5.57 Å². The molecule has 82 valence electrons. The van der Waals surface area contributed by atoms with E-state index in [0.29, 0.717) is 12.4 Å². The maximum absolute atomic E-state index is 11.8. The largest absolute Gasteiger partial charge is 0.362 e. The van der Waals surface area contributed by atoms with Crippen LogP contribution in [0.3, 0.4) is 0 Å². The topological polar surface area (TPSA) is 46.9 Å². The first kappa shape index (κ1) is 11.5. The van der Waals surface area contributed by atoms with Gasteiger partial charge in [-0.25, -0.2) is 4.98 Å². The Morgan fingerprint density at radius 2 is 2.33 bits per heavy atom. The second-order valence-electron chi connectivity index (χ2n) is 3.89. The molecule has 0 saturated heterocycles. The van der Waals surface area contributed by atoms with Crippen LogP contribution in [0.2, 0.25) is 0 Å². The molecule has 0 bridgehead atoms. The van der Waals surface area contributed by atoms with E-state index >= 15 is 0 Å². The normalized spacial score (nSPS) is 10.4. The van der Waals surface area contributed by atoms with Crippen molar-refractivity contribution in [2.75, 3.05) is 11.9 Å². The summed E-state index contributed by atoms with van der Waals surface area (Å²) in [6.07, 6.45) is 3.32. The number of nitrogens with zero attached hydrogens (tertiary/aromatic N) is 2. The molecule has 4 heteroatoms. The summed E-state index contributed by atoms with van der Waals surface area (Å²) >= 11 is 0. The Kier molecular flexibility index (Phi) is 3.66. The molecule has 1 N–H and O–H groups in total. The molecule has 0 fully saturated rings. The fourth-order valence-corrected chi connectivity index (χ4v) is 1.19. The minimum absolute atomic E-state index is 0.0891. The van der Waals surface area contributed by atoms with Crippen molar-refractivity contribution in [2.45, 2.75) is 26.8 Å². The van der Waals surface area contributed by atoms with Crippen molar-refractivity contribution in [2.24, 2.45) is 0 Å². The smallest absolute Gasteiger partial charge is 0.293 e. The minimum Gasteiger partial charge on any atom is -0.362 e. The van der Waals surface area contributed by atoms with E-state index in [-0.39, 0.29) is 11.6 Å². The summed E-state index contributed by atoms with van der Waals surface area (Å²) < 4.78 is 1.65.